The van der Waals surface area contributed by atoms with Gasteiger partial charge >= 0.3 is 0 Å². The van der Waals surface area contributed by atoms with Crippen molar-refractivity contribution in [2.75, 3.05) is 45.1 Å². The molecule has 3 heterocycles. The van der Waals surface area contributed by atoms with Crippen LogP contribution in [0.3, 0.4) is 0 Å². The smallest absolute Gasteiger partial charge is 0.276 e. The van der Waals surface area contributed by atoms with E-state index in [9.17, 15) is 18.3 Å². The topological polar surface area (TPSA) is 118 Å². The molecule has 0 atom stereocenters. The molecule has 2 saturated heterocycles. The Morgan fingerprint density at radius 2 is 1.92 bits per heavy atom. The molecule has 26 heavy (non-hydrogen) atoms. The van der Waals surface area contributed by atoms with Crippen molar-refractivity contribution < 1.29 is 23.1 Å². The summed E-state index contributed by atoms with van der Waals surface area (Å²) in [6, 6.07) is 0. The van der Waals surface area contributed by atoms with E-state index in [1.54, 1.807) is 11.8 Å². The number of piperidine rings is 1. The summed E-state index contributed by atoms with van der Waals surface area (Å²) in [6.07, 6.45) is 2.17. The summed E-state index contributed by atoms with van der Waals surface area (Å²) >= 11 is 0. The molecule has 1 amide bonds. The highest BCUT2D eigenvalue weighted by Gasteiger charge is 2.36. The summed E-state index contributed by atoms with van der Waals surface area (Å²) < 4.78 is 31.9. The Hall–Kier alpha value is -1.56. The predicted octanol–water partition coefficient (Wildman–Crippen LogP) is -1.07. The van der Waals surface area contributed by atoms with Crippen LogP contribution in [-0.2, 0) is 21.3 Å². The first kappa shape index (κ1) is 19.2. The molecule has 0 unspecified atom stereocenters. The van der Waals surface area contributed by atoms with Crippen LogP contribution in [-0.4, -0.2) is 94.4 Å². The van der Waals surface area contributed by atoms with Crippen LogP contribution in [0.4, 0.5) is 0 Å². The van der Waals surface area contributed by atoms with E-state index in [2.05, 4.69) is 10.3 Å². The molecule has 2 aliphatic heterocycles. The Morgan fingerprint density at radius 1 is 1.27 bits per heavy atom. The summed E-state index contributed by atoms with van der Waals surface area (Å²) in [4.78, 5) is 14.1. The van der Waals surface area contributed by atoms with Gasteiger partial charge in [-0.1, -0.05) is 5.21 Å². The maximum atomic E-state index is 12.4. The van der Waals surface area contributed by atoms with Crippen LogP contribution in [0.25, 0.3) is 0 Å². The fraction of sp³-hybridized carbons (Fsp3) is 0.800. The van der Waals surface area contributed by atoms with Gasteiger partial charge in [-0.25, -0.2) is 17.4 Å². The summed E-state index contributed by atoms with van der Waals surface area (Å²) in [5, 5.41) is 18.6. The number of amides is 1. The van der Waals surface area contributed by atoms with Gasteiger partial charge in [0.2, 0.25) is 10.0 Å². The van der Waals surface area contributed by atoms with Gasteiger partial charge in [0, 0.05) is 26.2 Å². The summed E-state index contributed by atoms with van der Waals surface area (Å²) in [7, 11) is -3.24. The lowest BCUT2D eigenvalue weighted by molar-refractivity contribution is -0.0224. The highest BCUT2D eigenvalue weighted by atomic mass is 32.2. The van der Waals surface area contributed by atoms with Crippen molar-refractivity contribution >= 4 is 15.9 Å². The van der Waals surface area contributed by atoms with E-state index in [1.807, 2.05) is 0 Å². The minimum absolute atomic E-state index is 0.0571. The van der Waals surface area contributed by atoms with Gasteiger partial charge < -0.3 is 14.7 Å². The Morgan fingerprint density at radius 3 is 2.54 bits per heavy atom. The number of carbonyl (C=O) groups excluding carboxylic acids is 1. The van der Waals surface area contributed by atoms with Crippen LogP contribution in [0.5, 0.6) is 0 Å². The Balaban J connectivity index is 1.59. The first-order chi connectivity index (χ1) is 12.3. The largest absolute Gasteiger partial charge is 0.388 e. The Bertz CT molecular complexity index is 735. The molecule has 0 spiro atoms. The van der Waals surface area contributed by atoms with E-state index in [-0.39, 0.29) is 37.0 Å². The third-order valence-corrected chi connectivity index (χ3v) is 6.81. The van der Waals surface area contributed by atoms with Crippen LogP contribution in [0.2, 0.25) is 0 Å². The third-order valence-electron chi connectivity index (χ3n) is 4.92. The number of nitrogens with zero attached hydrogens (tertiary/aromatic N) is 5. The van der Waals surface area contributed by atoms with Crippen LogP contribution in [0.15, 0.2) is 6.20 Å². The van der Waals surface area contributed by atoms with Gasteiger partial charge in [-0.05, 0) is 19.8 Å². The first-order valence-electron chi connectivity index (χ1n) is 8.80. The van der Waals surface area contributed by atoms with Crippen LogP contribution in [0, 0.1) is 0 Å². The number of hydrogen-bond acceptors (Lipinski definition) is 7. The van der Waals surface area contributed by atoms with E-state index in [0.29, 0.717) is 39.1 Å². The van der Waals surface area contributed by atoms with E-state index in [1.165, 1.54) is 15.2 Å². The zero-order chi connectivity index (χ0) is 18.8. The van der Waals surface area contributed by atoms with Gasteiger partial charge in [-0.2, -0.15) is 0 Å². The number of aliphatic hydroxyl groups is 1. The Kier molecular flexibility index (Phi) is 5.61. The second-order valence-electron chi connectivity index (χ2n) is 6.73. The van der Waals surface area contributed by atoms with Crippen molar-refractivity contribution in [2.45, 2.75) is 31.9 Å². The van der Waals surface area contributed by atoms with Crippen LogP contribution < -0.4 is 0 Å². The zero-order valence-corrected chi connectivity index (χ0v) is 15.7. The SMILES string of the molecule is CCS(=O)(=O)N1CCC(O)(Cn2cc(C(=O)N3CCOCC3)nn2)CC1. The lowest BCUT2D eigenvalue weighted by Crippen LogP contribution is -2.49. The molecule has 11 heteroatoms. The maximum Gasteiger partial charge on any atom is 0.276 e. The number of hydrogen-bond donors (Lipinski definition) is 1. The number of aromatic nitrogens is 3. The van der Waals surface area contributed by atoms with E-state index < -0.39 is 15.6 Å². The molecule has 0 bridgehead atoms. The fourth-order valence-corrected chi connectivity index (χ4v) is 4.33. The second kappa shape index (κ2) is 7.59. The minimum Gasteiger partial charge on any atom is -0.388 e. The van der Waals surface area contributed by atoms with Crippen molar-refractivity contribution in [3.05, 3.63) is 11.9 Å². The number of carbonyl (C=O) groups is 1. The second-order valence-corrected chi connectivity index (χ2v) is 8.99. The van der Waals surface area contributed by atoms with E-state index >= 15 is 0 Å². The molecule has 146 valence electrons. The quantitative estimate of drug-likeness (QED) is 0.683. The summed E-state index contributed by atoms with van der Waals surface area (Å²) in [5.41, 5.74) is -0.825. The molecule has 1 aromatic heterocycles. The normalized spacial score (nSPS) is 21.7. The average Bonchev–Trinajstić information content (AvgIpc) is 3.10. The molecule has 0 saturated carbocycles. The predicted molar refractivity (Wildman–Crippen MR) is 92.0 cm³/mol. The van der Waals surface area contributed by atoms with Crippen molar-refractivity contribution in [2.24, 2.45) is 0 Å². The molecule has 0 radical (unpaired) electrons. The van der Waals surface area contributed by atoms with Gasteiger partial charge in [0.1, 0.15) is 0 Å². The number of sulfonamides is 1. The zero-order valence-electron chi connectivity index (χ0n) is 14.9. The molecule has 2 aliphatic rings. The monoisotopic (exact) mass is 387 g/mol. The number of morpholine rings is 1. The fourth-order valence-electron chi connectivity index (χ4n) is 3.22. The first-order valence-corrected chi connectivity index (χ1v) is 10.4. The van der Waals surface area contributed by atoms with E-state index in [0.717, 1.165) is 0 Å². The summed E-state index contributed by atoms with van der Waals surface area (Å²) in [6.45, 7) is 4.42. The van der Waals surface area contributed by atoms with Crippen molar-refractivity contribution in [3.8, 4) is 0 Å². The molecular formula is C15H25N5O5S. The van der Waals surface area contributed by atoms with Gasteiger partial charge in [-0.15, -0.1) is 5.10 Å². The maximum absolute atomic E-state index is 12.4. The minimum atomic E-state index is -3.24. The van der Waals surface area contributed by atoms with E-state index in [4.69, 9.17) is 4.74 Å². The van der Waals surface area contributed by atoms with Crippen LogP contribution >= 0.6 is 0 Å². The summed E-state index contributed by atoms with van der Waals surface area (Å²) in [5.74, 6) is -0.142. The highest BCUT2D eigenvalue weighted by molar-refractivity contribution is 7.89. The molecule has 2 fully saturated rings. The number of rotatable bonds is 5. The van der Waals surface area contributed by atoms with Crippen molar-refractivity contribution in [1.82, 2.24) is 24.2 Å². The lowest BCUT2D eigenvalue weighted by Gasteiger charge is -2.37. The third kappa shape index (κ3) is 4.22. The standard InChI is InChI=1S/C15H25N5O5S/c1-2-26(23,24)20-5-3-15(22,4-6-20)12-19-11-13(16-17-19)14(21)18-7-9-25-10-8-18/h11,22H,2-10,12H2,1H3. The van der Waals surface area contributed by atoms with Gasteiger partial charge in [0.15, 0.2) is 5.69 Å². The van der Waals surface area contributed by atoms with Crippen LogP contribution in [0.1, 0.15) is 30.3 Å². The van der Waals surface area contributed by atoms with Gasteiger partial charge in [0.05, 0.1) is 37.3 Å². The van der Waals surface area contributed by atoms with Crippen molar-refractivity contribution in [1.29, 1.82) is 0 Å². The van der Waals surface area contributed by atoms with Gasteiger partial charge in [0.25, 0.3) is 5.91 Å². The molecule has 1 aromatic rings. The molecule has 3 rings (SSSR count). The van der Waals surface area contributed by atoms with Gasteiger partial charge in [-0.3, -0.25) is 4.79 Å². The molecule has 0 aromatic carbocycles. The molecule has 10 nitrogen and oxygen atoms in total. The number of ether oxygens (including phenoxy) is 1. The highest BCUT2D eigenvalue weighted by Crippen LogP contribution is 2.25. The molecule has 1 N–H and O–H groups in total. The lowest BCUT2D eigenvalue weighted by atomic mass is 9.92. The Labute approximate surface area is 152 Å². The van der Waals surface area contributed by atoms with Crippen molar-refractivity contribution in [3.63, 3.8) is 0 Å². The molecule has 0 aliphatic carbocycles. The average molecular weight is 387 g/mol. The molecular weight excluding hydrogens is 362 g/mol.